The van der Waals surface area contributed by atoms with Crippen LogP contribution in [0.25, 0.3) is 0 Å². The van der Waals surface area contributed by atoms with Gasteiger partial charge in [0.25, 0.3) is 0 Å². The second-order valence-electron chi connectivity index (χ2n) is 6.07. The smallest absolute Gasteiger partial charge is 0.0994 e. The standard InChI is InChI=1S/C18H30N2O/c1-2-3-4-5-6-7-12-17(20-19)18-16-11-9-8-10-15(16)13-14-21-18/h8-11,17-18,20H,2-7,12-14,19H2,1H3. The molecule has 118 valence electrons. The third kappa shape index (κ3) is 4.80. The molecule has 2 rings (SSSR count). The Hall–Kier alpha value is -0.900. The molecule has 0 aliphatic carbocycles. The number of hydrazine groups is 1. The molecule has 0 radical (unpaired) electrons. The SMILES string of the molecule is CCCCCCCCC(NN)C1OCCc2ccccc21. The van der Waals surface area contributed by atoms with Gasteiger partial charge in [-0.1, -0.05) is 69.7 Å². The monoisotopic (exact) mass is 290 g/mol. The number of rotatable bonds is 9. The molecule has 0 bridgehead atoms. The average Bonchev–Trinajstić information content (AvgIpc) is 2.54. The third-order valence-electron chi connectivity index (χ3n) is 4.48. The van der Waals surface area contributed by atoms with Crippen molar-refractivity contribution in [2.24, 2.45) is 5.84 Å². The maximum Gasteiger partial charge on any atom is 0.0994 e. The van der Waals surface area contributed by atoms with Crippen LogP contribution < -0.4 is 11.3 Å². The summed E-state index contributed by atoms with van der Waals surface area (Å²) in [6.45, 7) is 3.06. The summed E-state index contributed by atoms with van der Waals surface area (Å²) in [7, 11) is 0. The number of ether oxygens (including phenoxy) is 1. The number of nitrogens with two attached hydrogens (primary N) is 1. The molecule has 1 aromatic rings. The summed E-state index contributed by atoms with van der Waals surface area (Å²) < 4.78 is 6.01. The Morgan fingerprint density at radius 2 is 1.95 bits per heavy atom. The molecule has 0 saturated heterocycles. The van der Waals surface area contributed by atoms with E-state index in [0.717, 1.165) is 19.4 Å². The third-order valence-corrected chi connectivity index (χ3v) is 4.48. The predicted octanol–water partition coefficient (Wildman–Crippen LogP) is 3.88. The van der Waals surface area contributed by atoms with Crippen LogP contribution >= 0.6 is 0 Å². The molecule has 1 aliphatic rings. The van der Waals surface area contributed by atoms with Crippen molar-refractivity contribution < 1.29 is 4.74 Å². The molecule has 21 heavy (non-hydrogen) atoms. The molecule has 3 N–H and O–H groups in total. The molecule has 0 amide bonds. The zero-order chi connectivity index (χ0) is 14.9. The van der Waals surface area contributed by atoms with Gasteiger partial charge in [0.05, 0.1) is 18.8 Å². The van der Waals surface area contributed by atoms with E-state index in [1.807, 2.05) is 0 Å². The van der Waals surface area contributed by atoms with Crippen LogP contribution in [0.15, 0.2) is 24.3 Å². The van der Waals surface area contributed by atoms with Crippen LogP contribution in [-0.4, -0.2) is 12.6 Å². The van der Waals surface area contributed by atoms with Gasteiger partial charge >= 0.3 is 0 Å². The molecule has 3 heteroatoms. The van der Waals surface area contributed by atoms with E-state index in [-0.39, 0.29) is 12.1 Å². The van der Waals surface area contributed by atoms with E-state index in [9.17, 15) is 0 Å². The van der Waals surface area contributed by atoms with Crippen molar-refractivity contribution in [1.82, 2.24) is 5.43 Å². The van der Waals surface area contributed by atoms with Crippen LogP contribution in [0, 0.1) is 0 Å². The number of fused-ring (bicyclic) bond motifs is 1. The summed E-state index contributed by atoms with van der Waals surface area (Å²) in [4.78, 5) is 0. The van der Waals surface area contributed by atoms with Gasteiger partial charge in [0.15, 0.2) is 0 Å². The summed E-state index contributed by atoms with van der Waals surface area (Å²) >= 11 is 0. The summed E-state index contributed by atoms with van der Waals surface area (Å²) in [5.74, 6) is 5.79. The van der Waals surface area contributed by atoms with Crippen molar-refractivity contribution in [3.63, 3.8) is 0 Å². The van der Waals surface area contributed by atoms with Crippen LogP contribution in [0.1, 0.15) is 69.1 Å². The lowest BCUT2D eigenvalue weighted by Gasteiger charge is -2.32. The minimum atomic E-state index is 0.107. The van der Waals surface area contributed by atoms with Crippen LogP contribution in [0.4, 0.5) is 0 Å². The second kappa shape index (κ2) is 9.19. The first-order valence-corrected chi connectivity index (χ1v) is 8.52. The Bertz CT molecular complexity index is 408. The highest BCUT2D eigenvalue weighted by atomic mass is 16.5. The summed E-state index contributed by atoms with van der Waals surface area (Å²) in [6.07, 6.45) is 10.1. The molecule has 3 nitrogen and oxygen atoms in total. The Balaban J connectivity index is 1.84. The van der Waals surface area contributed by atoms with Crippen molar-refractivity contribution >= 4 is 0 Å². The van der Waals surface area contributed by atoms with E-state index in [0.29, 0.717) is 0 Å². The Kier molecular flexibility index (Phi) is 7.20. The summed E-state index contributed by atoms with van der Waals surface area (Å²) in [6, 6.07) is 8.82. The summed E-state index contributed by atoms with van der Waals surface area (Å²) in [5.41, 5.74) is 5.72. The average molecular weight is 290 g/mol. The lowest BCUT2D eigenvalue weighted by atomic mass is 9.91. The zero-order valence-electron chi connectivity index (χ0n) is 13.3. The molecule has 0 saturated carbocycles. The van der Waals surface area contributed by atoms with Crippen molar-refractivity contribution in [1.29, 1.82) is 0 Å². The number of hydrogen-bond donors (Lipinski definition) is 2. The first-order valence-electron chi connectivity index (χ1n) is 8.52. The van der Waals surface area contributed by atoms with Crippen molar-refractivity contribution in [3.05, 3.63) is 35.4 Å². The fraction of sp³-hybridized carbons (Fsp3) is 0.667. The number of unbranched alkanes of at least 4 members (excludes halogenated alkanes) is 5. The van der Waals surface area contributed by atoms with E-state index >= 15 is 0 Å². The van der Waals surface area contributed by atoms with E-state index in [4.69, 9.17) is 10.6 Å². The van der Waals surface area contributed by atoms with Crippen molar-refractivity contribution in [2.75, 3.05) is 6.61 Å². The zero-order valence-corrected chi connectivity index (χ0v) is 13.3. The molecular formula is C18H30N2O. The minimum absolute atomic E-state index is 0.107. The molecule has 2 atom stereocenters. The van der Waals surface area contributed by atoms with Crippen LogP contribution in [0.2, 0.25) is 0 Å². The predicted molar refractivity (Wildman–Crippen MR) is 87.9 cm³/mol. The molecular weight excluding hydrogens is 260 g/mol. The number of hydrogen-bond acceptors (Lipinski definition) is 3. The first-order chi connectivity index (χ1) is 10.4. The Morgan fingerprint density at radius 1 is 1.19 bits per heavy atom. The van der Waals surface area contributed by atoms with E-state index in [1.54, 1.807) is 0 Å². The van der Waals surface area contributed by atoms with E-state index in [2.05, 4.69) is 36.6 Å². The number of benzene rings is 1. The largest absolute Gasteiger partial charge is 0.371 e. The first kappa shape index (κ1) is 16.5. The van der Waals surface area contributed by atoms with Gasteiger partial charge in [0.2, 0.25) is 0 Å². The highest BCUT2D eigenvalue weighted by Gasteiger charge is 2.27. The minimum Gasteiger partial charge on any atom is -0.371 e. The van der Waals surface area contributed by atoms with Gasteiger partial charge in [0, 0.05) is 0 Å². The topological polar surface area (TPSA) is 47.3 Å². The van der Waals surface area contributed by atoms with Gasteiger partial charge in [0.1, 0.15) is 0 Å². The van der Waals surface area contributed by atoms with Gasteiger partial charge in [-0.25, -0.2) is 0 Å². The van der Waals surface area contributed by atoms with Gasteiger partial charge in [-0.3, -0.25) is 11.3 Å². The van der Waals surface area contributed by atoms with E-state index < -0.39 is 0 Å². The summed E-state index contributed by atoms with van der Waals surface area (Å²) in [5, 5.41) is 0. The molecule has 0 aromatic heterocycles. The highest BCUT2D eigenvalue weighted by molar-refractivity contribution is 5.31. The van der Waals surface area contributed by atoms with Gasteiger partial charge in [-0.05, 0) is 24.0 Å². The Morgan fingerprint density at radius 3 is 2.76 bits per heavy atom. The molecule has 1 aromatic carbocycles. The normalized spacial score (nSPS) is 19.2. The van der Waals surface area contributed by atoms with Gasteiger partial charge in [-0.2, -0.15) is 0 Å². The van der Waals surface area contributed by atoms with Crippen LogP contribution in [0.3, 0.4) is 0 Å². The maximum absolute atomic E-state index is 6.01. The maximum atomic E-state index is 6.01. The number of nitrogens with one attached hydrogen (secondary N) is 1. The lowest BCUT2D eigenvalue weighted by molar-refractivity contribution is 0.0126. The van der Waals surface area contributed by atoms with Gasteiger partial charge in [-0.15, -0.1) is 0 Å². The van der Waals surface area contributed by atoms with Crippen LogP contribution in [-0.2, 0) is 11.2 Å². The van der Waals surface area contributed by atoms with Crippen molar-refractivity contribution in [2.45, 2.75) is 70.4 Å². The lowest BCUT2D eigenvalue weighted by Crippen LogP contribution is -2.42. The fourth-order valence-electron chi connectivity index (χ4n) is 3.22. The quantitative estimate of drug-likeness (QED) is 0.412. The second-order valence-corrected chi connectivity index (χ2v) is 6.07. The molecule has 0 fully saturated rings. The van der Waals surface area contributed by atoms with Crippen molar-refractivity contribution in [3.8, 4) is 0 Å². The van der Waals surface area contributed by atoms with E-state index in [1.165, 1.54) is 49.7 Å². The molecule has 0 spiro atoms. The van der Waals surface area contributed by atoms with Gasteiger partial charge < -0.3 is 4.74 Å². The molecule has 2 unspecified atom stereocenters. The highest BCUT2D eigenvalue weighted by Crippen LogP contribution is 2.31. The Labute approximate surface area is 129 Å². The van der Waals surface area contributed by atoms with Crippen LogP contribution in [0.5, 0.6) is 0 Å². The fourth-order valence-corrected chi connectivity index (χ4v) is 3.22. The molecule has 1 heterocycles. The molecule has 1 aliphatic heterocycles.